The first kappa shape index (κ1) is 33.8. The highest BCUT2D eigenvalue weighted by Crippen LogP contribution is 2.20. The van der Waals surface area contributed by atoms with Gasteiger partial charge in [-0.05, 0) is 38.5 Å². The molecule has 0 aromatic rings. The molecule has 0 unspecified atom stereocenters. The Labute approximate surface area is 231 Å². The van der Waals surface area contributed by atoms with Crippen LogP contribution in [-0.2, 0) is 43.0 Å². The van der Waals surface area contributed by atoms with Crippen LogP contribution in [0.15, 0.2) is 0 Å². The van der Waals surface area contributed by atoms with E-state index < -0.39 is 89.8 Å². The highest BCUT2D eigenvalue weighted by atomic mass is 16.6. The van der Waals surface area contributed by atoms with Crippen LogP contribution in [0.1, 0.15) is 62.3 Å². The number of carbonyl (C=O) groups is 6. The van der Waals surface area contributed by atoms with Crippen molar-refractivity contribution in [1.29, 1.82) is 0 Å². The molecule has 0 spiro atoms. The molecule has 12 nitrogen and oxygen atoms in total. The van der Waals surface area contributed by atoms with Crippen LogP contribution in [0.5, 0.6) is 0 Å². The Bertz CT molecular complexity index is 830. The number of cyclic esters (lactones) is 3. The van der Waals surface area contributed by atoms with Crippen LogP contribution in [0.4, 0.5) is 0 Å². The zero-order chi connectivity index (χ0) is 30.5. The number of amides is 3. The minimum Gasteiger partial charge on any atom is -0.451 e. The molecular weight excluding hydrogens is 516 g/mol. The lowest BCUT2D eigenvalue weighted by Gasteiger charge is -2.36. The van der Waals surface area contributed by atoms with E-state index in [-0.39, 0.29) is 0 Å². The third kappa shape index (κ3) is 7.92. The van der Waals surface area contributed by atoms with E-state index >= 15 is 0 Å². The number of carbonyl (C=O) groups excluding carboxylic acids is 6. The molecule has 0 aromatic heterocycles. The van der Waals surface area contributed by atoms with Crippen LogP contribution in [0.3, 0.4) is 0 Å². The SMILES string of the molecule is CC(C)[C@H]1C(=O)O[C@@H](C)C(=O)N([14CH3])[C@@H](C(C)C)C(=O)O[C@@H](C)C(=O)N([14CH3])[C@@H](C(C)C)C(=O)O[C@@H](C)C(=O)N1[14CH3]. The molecule has 0 bridgehead atoms. The van der Waals surface area contributed by atoms with Crippen LogP contribution >= 0.6 is 0 Å². The van der Waals surface area contributed by atoms with E-state index in [4.69, 9.17) is 14.2 Å². The molecule has 0 radical (unpaired) electrons. The second kappa shape index (κ2) is 13.7. The summed E-state index contributed by atoms with van der Waals surface area (Å²) in [7, 11) is 4.16. The van der Waals surface area contributed by atoms with Gasteiger partial charge in [-0.2, -0.15) is 0 Å². The Morgan fingerprint density at radius 2 is 0.667 bits per heavy atom. The Balaban J connectivity index is 3.61. The molecule has 0 N–H and O–H groups in total. The average molecular weight is 562 g/mol. The first-order valence-electron chi connectivity index (χ1n) is 13.3. The topological polar surface area (TPSA) is 140 Å². The predicted octanol–water partition coefficient (Wildman–Crippen LogP) is 1.24. The molecule has 6 atom stereocenters. The zero-order valence-electron chi connectivity index (χ0n) is 25.2. The quantitative estimate of drug-likeness (QED) is 0.368. The highest BCUT2D eigenvalue weighted by molar-refractivity contribution is 5.93. The van der Waals surface area contributed by atoms with Crippen molar-refractivity contribution < 1.29 is 43.0 Å². The second-order valence-corrected chi connectivity index (χ2v) is 11.2. The molecular formula is C27H45N3O9. The third-order valence-corrected chi connectivity index (χ3v) is 6.84. The number of hydrogen-bond donors (Lipinski definition) is 0. The number of esters is 3. The number of hydrogen-bond acceptors (Lipinski definition) is 9. The first-order chi connectivity index (χ1) is 17.8. The van der Waals surface area contributed by atoms with Gasteiger partial charge in [-0.1, -0.05) is 41.5 Å². The molecule has 1 fully saturated rings. The van der Waals surface area contributed by atoms with Gasteiger partial charge in [0.1, 0.15) is 18.1 Å². The molecule has 1 saturated heterocycles. The number of nitrogens with zero attached hydrogens (tertiary/aromatic N) is 3. The van der Waals surface area contributed by atoms with Gasteiger partial charge in [-0.3, -0.25) is 14.4 Å². The fourth-order valence-electron chi connectivity index (χ4n) is 4.79. The van der Waals surface area contributed by atoms with E-state index in [1.807, 2.05) is 0 Å². The smallest absolute Gasteiger partial charge is 0.329 e. The van der Waals surface area contributed by atoms with Crippen molar-refractivity contribution in [1.82, 2.24) is 14.7 Å². The maximum Gasteiger partial charge on any atom is 0.329 e. The van der Waals surface area contributed by atoms with Crippen molar-refractivity contribution in [3.63, 3.8) is 0 Å². The summed E-state index contributed by atoms with van der Waals surface area (Å²) in [6, 6.07) is -3.26. The summed E-state index contributed by atoms with van der Waals surface area (Å²) in [5, 5.41) is 0. The fourth-order valence-corrected chi connectivity index (χ4v) is 4.79. The minimum atomic E-state index is -1.28. The fraction of sp³-hybridized carbons (Fsp3) is 0.778. The Morgan fingerprint density at radius 1 is 0.487 bits per heavy atom. The van der Waals surface area contributed by atoms with Gasteiger partial charge in [0.2, 0.25) is 0 Å². The summed E-state index contributed by atoms with van der Waals surface area (Å²) >= 11 is 0. The monoisotopic (exact) mass is 561 g/mol. The van der Waals surface area contributed by atoms with Crippen LogP contribution in [0.25, 0.3) is 0 Å². The van der Waals surface area contributed by atoms with Crippen LogP contribution < -0.4 is 0 Å². The standard InChI is InChI=1S/C27H45N3O9/c1-13(2)19-25(34)37-17(8)23(32)29(11)21(15(5)6)27(36)39-18(9)24(33)30(12)20(14(3)4)26(35)38-16(7)22(31)28(19)10/h13-21H,1-12H3/t16-,17-,18-,19-,20-,21-/m0/s1/i10+2,11+2,12+2. The van der Waals surface area contributed by atoms with Crippen molar-refractivity contribution in [2.45, 2.75) is 98.8 Å². The highest BCUT2D eigenvalue weighted by Gasteiger charge is 2.41. The summed E-state index contributed by atoms with van der Waals surface area (Å²) in [5.41, 5.74) is 0. The van der Waals surface area contributed by atoms with Gasteiger partial charge in [0.15, 0.2) is 18.3 Å². The maximum atomic E-state index is 13.2. The molecule has 1 aliphatic rings. The van der Waals surface area contributed by atoms with Crippen LogP contribution in [-0.4, -0.2) is 108 Å². The van der Waals surface area contributed by atoms with Crippen molar-refractivity contribution in [3.8, 4) is 0 Å². The van der Waals surface area contributed by atoms with Crippen molar-refractivity contribution >= 4 is 35.6 Å². The van der Waals surface area contributed by atoms with E-state index in [2.05, 4.69) is 0 Å². The lowest BCUT2D eigenvalue weighted by molar-refractivity contribution is -0.177. The molecule has 222 valence electrons. The van der Waals surface area contributed by atoms with E-state index in [0.29, 0.717) is 0 Å². The normalized spacial score (nSPS) is 29.5. The molecule has 0 aromatic carbocycles. The molecule has 1 heterocycles. The van der Waals surface area contributed by atoms with Crippen molar-refractivity contribution in [2.24, 2.45) is 17.8 Å². The predicted molar refractivity (Wildman–Crippen MR) is 141 cm³/mol. The average Bonchev–Trinajstić information content (AvgIpc) is 2.80. The first-order valence-corrected chi connectivity index (χ1v) is 13.3. The Hall–Kier alpha value is -3.18. The minimum absolute atomic E-state index is 0.410. The van der Waals surface area contributed by atoms with Crippen molar-refractivity contribution in [2.75, 3.05) is 21.1 Å². The lowest BCUT2D eigenvalue weighted by atomic mass is 10.0. The summed E-state index contributed by atoms with van der Waals surface area (Å²) in [6.45, 7) is 14.3. The van der Waals surface area contributed by atoms with Gasteiger partial charge < -0.3 is 28.9 Å². The summed E-state index contributed by atoms with van der Waals surface area (Å²) in [5.74, 6) is -5.67. The molecule has 39 heavy (non-hydrogen) atoms. The maximum absolute atomic E-state index is 13.2. The van der Waals surface area contributed by atoms with E-state index in [0.717, 1.165) is 14.7 Å². The van der Waals surface area contributed by atoms with E-state index in [1.54, 1.807) is 41.5 Å². The molecule has 1 rings (SSSR count). The van der Waals surface area contributed by atoms with Gasteiger partial charge in [0.25, 0.3) is 17.7 Å². The molecule has 3 amide bonds. The number of likely N-dealkylation sites (N-methyl/N-ethyl adjacent to an activating group) is 3. The van der Waals surface area contributed by atoms with Gasteiger partial charge in [0, 0.05) is 21.1 Å². The number of ether oxygens (including phenoxy) is 3. The zero-order valence-corrected chi connectivity index (χ0v) is 25.2. The molecule has 0 aliphatic carbocycles. The van der Waals surface area contributed by atoms with Gasteiger partial charge >= 0.3 is 17.9 Å². The number of rotatable bonds is 3. The Morgan fingerprint density at radius 3 is 0.821 bits per heavy atom. The van der Waals surface area contributed by atoms with Gasteiger partial charge in [0.05, 0.1) is 0 Å². The molecule has 0 saturated carbocycles. The van der Waals surface area contributed by atoms with Gasteiger partial charge in [-0.15, -0.1) is 0 Å². The Kier molecular flexibility index (Phi) is 11.9. The second-order valence-electron chi connectivity index (χ2n) is 11.2. The largest absolute Gasteiger partial charge is 0.451 e. The van der Waals surface area contributed by atoms with E-state index in [1.165, 1.54) is 41.9 Å². The van der Waals surface area contributed by atoms with Crippen LogP contribution in [0.2, 0.25) is 0 Å². The lowest BCUT2D eigenvalue weighted by Crippen LogP contribution is -2.55. The van der Waals surface area contributed by atoms with Gasteiger partial charge in [-0.25, -0.2) is 14.4 Å². The summed E-state index contributed by atoms with van der Waals surface area (Å²) in [4.78, 5) is 82.4. The van der Waals surface area contributed by atoms with E-state index in [9.17, 15) is 28.8 Å². The van der Waals surface area contributed by atoms with Crippen LogP contribution in [0, 0.1) is 17.8 Å². The molecule has 12 heteroatoms. The molecule has 1 aliphatic heterocycles. The summed E-state index contributed by atoms with van der Waals surface area (Å²) < 4.78 is 16.3. The van der Waals surface area contributed by atoms with Crippen molar-refractivity contribution in [3.05, 3.63) is 0 Å². The third-order valence-electron chi connectivity index (χ3n) is 6.84. The summed E-state index contributed by atoms with van der Waals surface area (Å²) in [6.07, 6.45) is -3.85.